The third-order valence-corrected chi connectivity index (χ3v) is 6.27. The van der Waals surface area contributed by atoms with Crippen LogP contribution in [0.15, 0.2) is 24.3 Å². The molecule has 3 saturated heterocycles. The second-order valence-electron chi connectivity index (χ2n) is 8.06. The minimum Gasteiger partial charge on any atom is -0.339 e. The van der Waals surface area contributed by atoms with Crippen molar-refractivity contribution in [3.8, 4) is 0 Å². The van der Waals surface area contributed by atoms with Gasteiger partial charge in [0, 0.05) is 37.0 Å². The molecule has 3 aliphatic rings. The minimum atomic E-state index is -0.196. The lowest BCUT2D eigenvalue weighted by Crippen LogP contribution is -2.41. The molecule has 3 nitrogen and oxygen atoms in total. The highest BCUT2D eigenvalue weighted by Crippen LogP contribution is 2.36. The maximum absolute atomic E-state index is 13.1. The third kappa shape index (κ3) is 3.21. The predicted octanol–water partition coefficient (Wildman–Crippen LogP) is 3.45. The van der Waals surface area contributed by atoms with E-state index in [-0.39, 0.29) is 11.9 Å². The first kappa shape index (κ1) is 16.1. The lowest BCUT2D eigenvalue weighted by molar-refractivity contribution is -0.133. The summed E-state index contributed by atoms with van der Waals surface area (Å²) in [6.07, 6.45) is 6.56. The summed E-state index contributed by atoms with van der Waals surface area (Å²) in [7, 11) is 0. The van der Waals surface area contributed by atoms with Gasteiger partial charge in [0.1, 0.15) is 5.82 Å². The molecule has 0 aromatic heterocycles. The molecule has 0 radical (unpaired) electrons. The molecule has 4 heteroatoms. The Morgan fingerprint density at radius 2 is 1.83 bits per heavy atom. The molecule has 0 aliphatic carbocycles. The summed E-state index contributed by atoms with van der Waals surface area (Å²) in [5, 5.41) is 3.65. The molecule has 1 amide bonds. The molecule has 4 rings (SSSR count). The Labute approximate surface area is 143 Å². The van der Waals surface area contributed by atoms with Crippen molar-refractivity contribution in [2.75, 3.05) is 6.54 Å². The van der Waals surface area contributed by atoms with Gasteiger partial charge in [0.25, 0.3) is 0 Å². The molecule has 3 fully saturated rings. The molecule has 0 spiro atoms. The Morgan fingerprint density at radius 3 is 2.50 bits per heavy atom. The zero-order valence-corrected chi connectivity index (χ0v) is 14.4. The molecule has 1 aromatic carbocycles. The zero-order valence-electron chi connectivity index (χ0n) is 14.4. The van der Waals surface area contributed by atoms with Gasteiger partial charge in [0.2, 0.25) is 5.91 Å². The van der Waals surface area contributed by atoms with Gasteiger partial charge in [0.05, 0.1) is 0 Å². The van der Waals surface area contributed by atoms with Gasteiger partial charge in [-0.1, -0.05) is 12.1 Å². The van der Waals surface area contributed by atoms with Gasteiger partial charge < -0.3 is 10.2 Å². The molecule has 24 heavy (non-hydrogen) atoms. The van der Waals surface area contributed by atoms with Crippen LogP contribution in [0.4, 0.5) is 4.39 Å². The zero-order chi connectivity index (χ0) is 16.7. The van der Waals surface area contributed by atoms with Gasteiger partial charge in [-0.3, -0.25) is 4.79 Å². The Kier molecular flexibility index (Phi) is 4.33. The highest BCUT2D eigenvalue weighted by atomic mass is 19.1. The number of nitrogens with zero attached hydrogens (tertiary/aromatic N) is 1. The van der Waals surface area contributed by atoms with Crippen molar-refractivity contribution in [3.63, 3.8) is 0 Å². The van der Waals surface area contributed by atoms with Crippen molar-refractivity contribution in [1.29, 1.82) is 0 Å². The van der Waals surface area contributed by atoms with E-state index in [1.807, 2.05) is 12.1 Å². The van der Waals surface area contributed by atoms with E-state index in [9.17, 15) is 9.18 Å². The number of nitrogens with one attached hydrogen (secondary N) is 1. The highest BCUT2D eigenvalue weighted by Gasteiger charge is 2.37. The Balaban J connectivity index is 1.37. The number of likely N-dealkylation sites (tertiary alicyclic amines) is 1. The Bertz CT molecular complexity index is 590. The van der Waals surface area contributed by atoms with Gasteiger partial charge in [-0.25, -0.2) is 4.39 Å². The van der Waals surface area contributed by atoms with Crippen LogP contribution in [0.1, 0.15) is 56.9 Å². The van der Waals surface area contributed by atoms with E-state index in [0.29, 0.717) is 36.2 Å². The molecule has 3 heterocycles. The second-order valence-corrected chi connectivity index (χ2v) is 8.06. The van der Waals surface area contributed by atoms with E-state index >= 15 is 0 Å². The first-order valence-corrected chi connectivity index (χ1v) is 9.39. The summed E-state index contributed by atoms with van der Waals surface area (Å²) in [5.41, 5.74) is 1.15. The highest BCUT2D eigenvalue weighted by molar-refractivity contribution is 5.77. The monoisotopic (exact) mass is 330 g/mol. The number of halogens is 1. The van der Waals surface area contributed by atoms with Crippen LogP contribution >= 0.6 is 0 Å². The number of fused-ring (bicyclic) bond motifs is 2. The number of rotatable bonds is 3. The van der Waals surface area contributed by atoms with Crippen LogP contribution in [0.3, 0.4) is 0 Å². The third-order valence-electron chi connectivity index (χ3n) is 6.27. The number of hydrogen-bond acceptors (Lipinski definition) is 2. The van der Waals surface area contributed by atoms with Gasteiger partial charge in [0.15, 0.2) is 0 Å². The first-order chi connectivity index (χ1) is 11.6. The summed E-state index contributed by atoms with van der Waals surface area (Å²) < 4.78 is 13.1. The topological polar surface area (TPSA) is 32.3 Å². The van der Waals surface area contributed by atoms with E-state index in [1.165, 1.54) is 25.0 Å². The fraction of sp³-hybridized carbons (Fsp3) is 0.650. The molecular weight excluding hydrogens is 303 g/mol. The smallest absolute Gasteiger partial charge is 0.223 e. The molecule has 1 N–H and O–H groups in total. The van der Waals surface area contributed by atoms with Gasteiger partial charge in [-0.2, -0.15) is 0 Å². The fourth-order valence-corrected chi connectivity index (χ4v) is 5.06. The van der Waals surface area contributed by atoms with Crippen molar-refractivity contribution in [3.05, 3.63) is 35.6 Å². The number of piperidine rings is 1. The van der Waals surface area contributed by atoms with Crippen LogP contribution in [0.2, 0.25) is 0 Å². The van der Waals surface area contributed by atoms with E-state index in [4.69, 9.17) is 0 Å². The largest absolute Gasteiger partial charge is 0.339 e. The van der Waals surface area contributed by atoms with Crippen LogP contribution in [-0.4, -0.2) is 35.5 Å². The number of amides is 1. The van der Waals surface area contributed by atoms with E-state index in [2.05, 4.69) is 17.1 Å². The maximum Gasteiger partial charge on any atom is 0.223 e. The molecule has 4 unspecified atom stereocenters. The first-order valence-electron chi connectivity index (χ1n) is 9.39. The van der Waals surface area contributed by atoms with E-state index in [0.717, 1.165) is 31.4 Å². The molecule has 1 aromatic rings. The fourth-order valence-electron chi connectivity index (χ4n) is 5.06. The van der Waals surface area contributed by atoms with Crippen molar-refractivity contribution in [1.82, 2.24) is 10.2 Å². The summed E-state index contributed by atoms with van der Waals surface area (Å²) >= 11 is 0. The van der Waals surface area contributed by atoms with Crippen LogP contribution in [0.25, 0.3) is 0 Å². The summed E-state index contributed by atoms with van der Waals surface area (Å²) in [6, 6.07) is 8.35. The molecule has 3 aliphatic heterocycles. The lowest BCUT2D eigenvalue weighted by Gasteiger charge is -2.31. The average Bonchev–Trinajstić information content (AvgIpc) is 3.10. The Morgan fingerprint density at radius 1 is 1.17 bits per heavy atom. The van der Waals surface area contributed by atoms with Crippen molar-refractivity contribution < 1.29 is 9.18 Å². The second kappa shape index (κ2) is 6.47. The summed E-state index contributed by atoms with van der Waals surface area (Å²) in [5.74, 6) is 1.01. The Hall–Kier alpha value is -1.42. The van der Waals surface area contributed by atoms with Gasteiger partial charge >= 0.3 is 0 Å². The van der Waals surface area contributed by atoms with Crippen LogP contribution < -0.4 is 5.32 Å². The number of carbonyl (C=O) groups is 1. The lowest BCUT2D eigenvalue weighted by atomic mass is 9.89. The maximum atomic E-state index is 13.1. The predicted molar refractivity (Wildman–Crippen MR) is 92.2 cm³/mol. The van der Waals surface area contributed by atoms with Gasteiger partial charge in [-0.15, -0.1) is 0 Å². The number of hydrogen-bond donors (Lipinski definition) is 1. The SMILES string of the molecule is CC1CC(c2ccc(F)cc2)CN1C(=O)CC1CC2CCC(C1)N2. The van der Waals surface area contributed by atoms with Crippen molar-refractivity contribution >= 4 is 5.91 Å². The molecular formula is C20H27FN2O. The quantitative estimate of drug-likeness (QED) is 0.921. The number of carbonyl (C=O) groups excluding carboxylic acids is 1. The van der Waals surface area contributed by atoms with Crippen LogP contribution in [0.5, 0.6) is 0 Å². The van der Waals surface area contributed by atoms with Crippen molar-refractivity contribution in [2.24, 2.45) is 5.92 Å². The van der Waals surface area contributed by atoms with Gasteiger partial charge in [-0.05, 0) is 62.6 Å². The van der Waals surface area contributed by atoms with E-state index in [1.54, 1.807) is 0 Å². The van der Waals surface area contributed by atoms with Crippen LogP contribution in [0, 0.1) is 11.7 Å². The average molecular weight is 330 g/mol. The summed E-state index contributed by atoms with van der Waals surface area (Å²) in [4.78, 5) is 14.9. The molecule has 130 valence electrons. The number of benzene rings is 1. The molecule has 4 atom stereocenters. The minimum absolute atomic E-state index is 0.196. The molecule has 2 bridgehead atoms. The molecule has 0 saturated carbocycles. The van der Waals surface area contributed by atoms with Crippen molar-refractivity contribution in [2.45, 2.75) is 69.5 Å². The summed E-state index contributed by atoms with van der Waals surface area (Å²) in [6.45, 7) is 2.93. The standard InChI is InChI=1S/C20H27FN2O/c1-13-8-16(15-2-4-17(21)5-3-15)12-23(13)20(24)11-14-9-18-6-7-19(10-14)22-18/h2-5,13-14,16,18-19,22H,6-12H2,1H3. The van der Waals surface area contributed by atoms with Crippen LogP contribution in [-0.2, 0) is 4.79 Å². The normalized spacial score (nSPS) is 35.4. The van der Waals surface area contributed by atoms with E-state index < -0.39 is 0 Å².